The highest BCUT2D eigenvalue weighted by atomic mass is 35.5. The zero-order chi connectivity index (χ0) is 21.7. The third-order valence-corrected chi connectivity index (χ3v) is 4.93. The molecule has 0 unspecified atom stereocenters. The molecule has 1 amide bonds. The van der Waals surface area contributed by atoms with Gasteiger partial charge in [-0.15, -0.1) is 0 Å². The number of aryl methyl sites for hydroxylation is 1. The second-order valence-electron chi connectivity index (χ2n) is 6.31. The summed E-state index contributed by atoms with van der Waals surface area (Å²) in [6.07, 6.45) is 0. The van der Waals surface area contributed by atoms with Crippen molar-refractivity contribution in [2.24, 2.45) is 0 Å². The molecule has 3 rings (SSSR count). The molecule has 0 radical (unpaired) electrons. The summed E-state index contributed by atoms with van der Waals surface area (Å²) in [7, 11) is 0. The molecule has 1 N–H and O–H groups in total. The first-order valence-electron chi connectivity index (χ1n) is 8.82. The van der Waals surface area contributed by atoms with Crippen LogP contribution < -0.4 is 5.32 Å². The van der Waals surface area contributed by atoms with Gasteiger partial charge in [-0.1, -0.05) is 41.4 Å². The smallest absolute Gasteiger partial charge is 0.343 e. The average molecular weight is 443 g/mol. The number of nitriles is 1. The molecule has 7 nitrogen and oxygen atoms in total. The van der Waals surface area contributed by atoms with Crippen molar-refractivity contribution in [3.63, 3.8) is 0 Å². The summed E-state index contributed by atoms with van der Waals surface area (Å²) in [5.41, 5.74) is 2.22. The van der Waals surface area contributed by atoms with Gasteiger partial charge in [-0.2, -0.15) is 10.4 Å². The number of amides is 1. The predicted molar refractivity (Wildman–Crippen MR) is 113 cm³/mol. The zero-order valence-corrected chi connectivity index (χ0v) is 17.4. The number of nitrogens with zero attached hydrogens (tertiary/aromatic N) is 3. The molecule has 0 saturated carbocycles. The van der Waals surface area contributed by atoms with Gasteiger partial charge < -0.3 is 10.1 Å². The lowest BCUT2D eigenvalue weighted by Crippen LogP contribution is -2.21. The first-order chi connectivity index (χ1) is 14.4. The van der Waals surface area contributed by atoms with Crippen LogP contribution in [-0.2, 0) is 16.1 Å². The normalized spacial score (nSPS) is 10.3. The molecule has 0 bridgehead atoms. The van der Waals surface area contributed by atoms with E-state index >= 15 is 0 Å². The summed E-state index contributed by atoms with van der Waals surface area (Å²) >= 11 is 12.5. The zero-order valence-electron chi connectivity index (χ0n) is 15.9. The molecule has 0 aliphatic carbocycles. The van der Waals surface area contributed by atoms with Crippen LogP contribution in [0.1, 0.15) is 27.2 Å². The molecule has 2 aromatic carbocycles. The fourth-order valence-electron chi connectivity index (χ4n) is 2.71. The van der Waals surface area contributed by atoms with Crippen LogP contribution in [0.15, 0.2) is 48.5 Å². The maximum Gasteiger partial charge on any atom is 0.343 e. The molecule has 1 aromatic heterocycles. The van der Waals surface area contributed by atoms with E-state index in [2.05, 4.69) is 10.4 Å². The van der Waals surface area contributed by atoms with E-state index in [-0.39, 0.29) is 17.3 Å². The van der Waals surface area contributed by atoms with Gasteiger partial charge in [-0.05, 0) is 42.8 Å². The molecule has 0 aliphatic rings. The maximum absolute atomic E-state index is 12.5. The van der Waals surface area contributed by atoms with E-state index in [1.165, 1.54) is 4.68 Å². The molecule has 0 spiro atoms. The van der Waals surface area contributed by atoms with Crippen molar-refractivity contribution in [1.82, 2.24) is 9.78 Å². The van der Waals surface area contributed by atoms with Crippen LogP contribution in [0.3, 0.4) is 0 Å². The number of rotatable bonds is 6. The van der Waals surface area contributed by atoms with Crippen molar-refractivity contribution < 1.29 is 14.3 Å². The fraction of sp³-hybridized carbons (Fsp3) is 0.143. The first-order valence-corrected chi connectivity index (χ1v) is 9.58. The van der Waals surface area contributed by atoms with E-state index in [0.717, 1.165) is 5.56 Å². The summed E-state index contributed by atoms with van der Waals surface area (Å²) in [6, 6.07) is 15.5. The highest BCUT2D eigenvalue weighted by Crippen LogP contribution is 2.24. The Hall–Kier alpha value is -3.34. The number of benzene rings is 2. The average Bonchev–Trinajstić information content (AvgIpc) is 3.01. The summed E-state index contributed by atoms with van der Waals surface area (Å²) in [4.78, 5) is 24.5. The SMILES string of the molecule is Cc1nn(Cc2ccccc2Cl)c(Cl)c1C(=O)OCC(=O)Nc1ccc(C#N)cc1. The number of aromatic nitrogens is 2. The molecule has 1 heterocycles. The Morgan fingerprint density at radius 3 is 2.53 bits per heavy atom. The Bertz CT molecular complexity index is 1130. The van der Waals surface area contributed by atoms with Gasteiger partial charge in [-0.25, -0.2) is 9.48 Å². The van der Waals surface area contributed by atoms with Crippen molar-refractivity contribution in [2.45, 2.75) is 13.5 Å². The number of halogens is 2. The van der Waals surface area contributed by atoms with Crippen LogP contribution in [0.25, 0.3) is 0 Å². The molecule has 0 saturated heterocycles. The van der Waals surface area contributed by atoms with Gasteiger partial charge in [0.1, 0.15) is 10.7 Å². The minimum absolute atomic E-state index is 0.0925. The molecule has 0 atom stereocenters. The summed E-state index contributed by atoms with van der Waals surface area (Å²) in [6.45, 7) is 1.42. The number of carbonyl (C=O) groups excluding carboxylic acids is 2. The van der Waals surface area contributed by atoms with Crippen molar-refractivity contribution >= 4 is 40.8 Å². The van der Waals surface area contributed by atoms with E-state index in [1.54, 1.807) is 37.3 Å². The molecule has 9 heteroatoms. The molecular weight excluding hydrogens is 427 g/mol. The monoisotopic (exact) mass is 442 g/mol. The largest absolute Gasteiger partial charge is 0.452 e. The van der Waals surface area contributed by atoms with Gasteiger partial charge in [0.15, 0.2) is 6.61 Å². The number of hydrogen-bond acceptors (Lipinski definition) is 5. The van der Waals surface area contributed by atoms with Crippen molar-refractivity contribution in [3.05, 3.63) is 81.1 Å². The van der Waals surface area contributed by atoms with Gasteiger partial charge in [-0.3, -0.25) is 4.79 Å². The molecule has 0 aliphatic heterocycles. The lowest BCUT2D eigenvalue weighted by molar-refractivity contribution is -0.119. The predicted octanol–water partition coefficient (Wildman–Crippen LogP) is 4.21. The van der Waals surface area contributed by atoms with Crippen LogP contribution >= 0.6 is 23.2 Å². The highest BCUT2D eigenvalue weighted by Gasteiger charge is 2.23. The summed E-state index contributed by atoms with van der Waals surface area (Å²) < 4.78 is 6.54. The van der Waals surface area contributed by atoms with Gasteiger partial charge in [0.25, 0.3) is 5.91 Å². The van der Waals surface area contributed by atoms with Crippen molar-refractivity contribution in [3.8, 4) is 6.07 Å². The minimum atomic E-state index is -0.752. The van der Waals surface area contributed by atoms with Gasteiger partial charge in [0.2, 0.25) is 0 Å². The topological polar surface area (TPSA) is 97.0 Å². The van der Waals surface area contributed by atoms with E-state index < -0.39 is 18.5 Å². The molecular formula is C21H16Cl2N4O3. The number of carbonyl (C=O) groups is 2. The van der Waals surface area contributed by atoms with Gasteiger partial charge >= 0.3 is 5.97 Å². The fourth-order valence-corrected chi connectivity index (χ4v) is 3.21. The molecule has 3 aromatic rings. The van der Waals surface area contributed by atoms with E-state index in [1.807, 2.05) is 24.3 Å². The second kappa shape index (κ2) is 9.44. The van der Waals surface area contributed by atoms with Crippen LogP contribution in [0.4, 0.5) is 5.69 Å². The van der Waals surface area contributed by atoms with E-state index in [4.69, 9.17) is 33.2 Å². The van der Waals surface area contributed by atoms with Crippen LogP contribution in [0.2, 0.25) is 10.2 Å². The Morgan fingerprint density at radius 1 is 1.17 bits per heavy atom. The lowest BCUT2D eigenvalue weighted by atomic mass is 10.2. The Kier molecular flexibility index (Phi) is 6.72. The lowest BCUT2D eigenvalue weighted by Gasteiger charge is -2.07. The van der Waals surface area contributed by atoms with Gasteiger partial charge in [0.05, 0.1) is 23.9 Å². The third kappa shape index (κ3) is 4.98. The Labute approximate surface area is 182 Å². The molecule has 0 fully saturated rings. The second-order valence-corrected chi connectivity index (χ2v) is 7.08. The standard InChI is InChI=1S/C21H16Cl2N4O3/c1-13-19(20(23)27(26-13)11-15-4-2-3-5-17(15)22)21(29)30-12-18(28)25-16-8-6-14(10-24)7-9-16/h2-9H,11-12H2,1H3,(H,25,28). The number of ether oxygens (including phenoxy) is 1. The summed E-state index contributed by atoms with van der Waals surface area (Å²) in [5.74, 6) is -1.27. The highest BCUT2D eigenvalue weighted by molar-refractivity contribution is 6.33. The summed E-state index contributed by atoms with van der Waals surface area (Å²) in [5, 5.41) is 16.3. The van der Waals surface area contributed by atoms with Gasteiger partial charge in [0, 0.05) is 10.7 Å². The quantitative estimate of drug-likeness (QED) is 0.576. The maximum atomic E-state index is 12.5. The number of nitrogens with one attached hydrogen (secondary N) is 1. The van der Waals surface area contributed by atoms with Crippen LogP contribution in [-0.4, -0.2) is 28.3 Å². The van der Waals surface area contributed by atoms with Crippen molar-refractivity contribution in [2.75, 3.05) is 11.9 Å². The molecule has 30 heavy (non-hydrogen) atoms. The Balaban J connectivity index is 1.63. The minimum Gasteiger partial charge on any atom is -0.452 e. The van der Waals surface area contributed by atoms with Crippen LogP contribution in [0.5, 0.6) is 0 Å². The van der Waals surface area contributed by atoms with Crippen molar-refractivity contribution in [1.29, 1.82) is 5.26 Å². The van der Waals surface area contributed by atoms with E-state index in [0.29, 0.717) is 22.0 Å². The number of hydrogen-bond donors (Lipinski definition) is 1. The number of esters is 1. The third-order valence-electron chi connectivity index (χ3n) is 4.18. The van der Waals surface area contributed by atoms with E-state index in [9.17, 15) is 9.59 Å². The first kappa shape index (κ1) is 21.4. The Morgan fingerprint density at radius 2 is 1.87 bits per heavy atom. The van der Waals surface area contributed by atoms with Crippen LogP contribution in [0, 0.1) is 18.3 Å². The number of anilines is 1. The molecule has 152 valence electrons.